The quantitative estimate of drug-likeness (QED) is 0.861. The standard InChI is InChI=1S/C14H11F3N2OS/c1-9-6-7-18-12(8-9)19-13(20)10-4-2-3-5-11(10)21-14(15,16)17/h2-8H,1H3,(H,18,19,20). The molecule has 0 saturated carbocycles. The van der Waals surface area contributed by atoms with E-state index in [2.05, 4.69) is 10.3 Å². The first-order valence-corrected chi connectivity index (χ1v) is 6.75. The highest BCUT2D eigenvalue weighted by molar-refractivity contribution is 8.00. The van der Waals surface area contributed by atoms with Gasteiger partial charge in [-0.05, 0) is 48.5 Å². The summed E-state index contributed by atoms with van der Waals surface area (Å²) < 4.78 is 37.5. The average Bonchev–Trinajstić information content (AvgIpc) is 2.37. The van der Waals surface area contributed by atoms with Crippen molar-refractivity contribution in [2.24, 2.45) is 0 Å². The molecule has 110 valence electrons. The van der Waals surface area contributed by atoms with Gasteiger partial charge in [-0.15, -0.1) is 0 Å². The Morgan fingerprint density at radius 3 is 2.62 bits per heavy atom. The van der Waals surface area contributed by atoms with Crippen LogP contribution >= 0.6 is 11.8 Å². The van der Waals surface area contributed by atoms with Crippen LogP contribution < -0.4 is 5.32 Å². The number of carbonyl (C=O) groups is 1. The van der Waals surface area contributed by atoms with Crippen LogP contribution in [0.4, 0.5) is 19.0 Å². The molecule has 0 bridgehead atoms. The van der Waals surface area contributed by atoms with Crippen molar-refractivity contribution in [2.45, 2.75) is 17.3 Å². The van der Waals surface area contributed by atoms with Crippen LogP contribution in [-0.4, -0.2) is 16.4 Å². The molecule has 1 heterocycles. The van der Waals surface area contributed by atoms with Crippen molar-refractivity contribution in [2.75, 3.05) is 5.32 Å². The number of pyridine rings is 1. The number of aryl methyl sites for hydroxylation is 1. The molecule has 3 nitrogen and oxygen atoms in total. The number of anilines is 1. The molecule has 2 aromatic rings. The molecular weight excluding hydrogens is 301 g/mol. The van der Waals surface area contributed by atoms with Gasteiger partial charge in [-0.3, -0.25) is 4.79 Å². The molecule has 1 N–H and O–H groups in total. The highest BCUT2D eigenvalue weighted by Crippen LogP contribution is 2.38. The van der Waals surface area contributed by atoms with Crippen LogP contribution in [-0.2, 0) is 0 Å². The van der Waals surface area contributed by atoms with E-state index < -0.39 is 11.4 Å². The molecule has 1 aromatic carbocycles. The van der Waals surface area contributed by atoms with Crippen molar-refractivity contribution in [3.63, 3.8) is 0 Å². The second-order valence-electron chi connectivity index (χ2n) is 4.22. The molecule has 0 atom stereocenters. The second kappa shape index (κ2) is 6.17. The maximum Gasteiger partial charge on any atom is 0.446 e. The summed E-state index contributed by atoms with van der Waals surface area (Å²) in [6.07, 6.45) is 1.52. The van der Waals surface area contributed by atoms with Gasteiger partial charge in [0.2, 0.25) is 0 Å². The summed E-state index contributed by atoms with van der Waals surface area (Å²) in [5.74, 6) is -0.327. The van der Waals surface area contributed by atoms with Crippen LogP contribution in [0, 0.1) is 6.92 Å². The third-order valence-corrected chi connectivity index (χ3v) is 3.32. The number of rotatable bonds is 3. The number of benzene rings is 1. The second-order valence-corrected chi connectivity index (χ2v) is 5.32. The number of thioether (sulfide) groups is 1. The smallest absolute Gasteiger partial charge is 0.307 e. The van der Waals surface area contributed by atoms with Gasteiger partial charge in [0.15, 0.2) is 0 Å². The molecule has 0 radical (unpaired) electrons. The first kappa shape index (κ1) is 15.4. The monoisotopic (exact) mass is 312 g/mol. The summed E-state index contributed by atoms with van der Waals surface area (Å²) in [6.45, 7) is 1.82. The predicted molar refractivity (Wildman–Crippen MR) is 75.3 cm³/mol. The largest absolute Gasteiger partial charge is 0.446 e. The van der Waals surface area contributed by atoms with Gasteiger partial charge >= 0.3 is 5.51 Å². The minimum Gasteiger partial charge on any atom is -0.307 e. The number of alkyl halides is 3. The number of aromatic nitrogens is 1. The molecule has 2 rings (SSSR count). The fraction of sp³-hybridized carbons (Fsp3) is 0.143. The summed E-state index contributed by atoms with van der Waals surface area (Å²) in [5, 5.41) is 2.49. The number of carbonyl (C=O) groups excluding carboxylic acids is 1. The van der Waals surface area contributed by atoms with Gasteiger partial charge in [0.25, 0.3) is 5.91 Å². The molecule has 0 unspecified atom stereocenters. The van der Waals surface area contributed by atoms with Crippen LogP contribution in [0.25, 0.3) is 0 Å². The topological polar surface area (TPSA) is 42.0 Å². The van der Waals surface area contributed by atoms with E-state index in [0.29, 0.717) is 5.82 Å². The lowest BCUT2D eigenvalue weighted by Gasteiger charge is -2.11. The number of nitrogens with zero attached hydrogens (tertiary/aromatic N) is 1. The summed E-state index contributed by atoms with van der Waals surface area (Å²) in [4.78, 5) is 15.9. The molecule has 0 fully saturated rings. The number of hydrogen-bond donors (Lipinski definition) is 1. The Kier molecular flexibility index (Phi) is 4.52. The van der Waals surface area contributed by atoms with Crippen LogP contribution in [0.3, 0.4) is 0 Å². The lowest BCUT2D eigenvalue weighted by Crippen LogP contribution is -2.15. The number of halogens is 3. The van der Waals surface area contributed by atoms with Crippen molar-refractivity contribution in [1.82, 2.24) is 4.98 Å². The molecular formula is C14H11F3N2OS. The van der Waals surface area contributed by atoms with Crippen molar-refractivity contribution in [1.29, 1.82) is 0 Å². The summed E-state index contributed by atoms with van der Waals surface area (Å²) in [6, 6.07) is 8.96. The zero-order valence-electron chi connectivity index (χ0n) is 10.9. The van der Waals surface area contributed by atoms with E-state index >= 15 is 0 Å². The Morgan fingerprint density at radius 1 is 1.24 bits per heavy atom. The van der Waals surface area contributed by atoms with Gasteiger partial charge in [0.05, 0.1) is 5.56 Å². The van der Waals surface area contributed by atoms with E-state index in [0.717, 1.165) is 5.56 Å². The number of hydrogen-bond acceptors (Lipinski definition) is 3. The number of amides is 1. The zero-order chi connectivity index (χ0) is 15.5. The Hall–Kier alpha value is -2.02. The maximum atomic E-state index is 12.5. The lowest BCUT2D eigenvalue weighted by molar-refractivity contribution is -0.0328. The van der Waals surface area contributed by atoms with E-state index in [1.165, 1.54) is 30.5 Å². The Bertz CT molecular complexity index is 659. The summed E-state index contributed by atoms with van der Waals surface area (Å²) >= 11 is -0.312. The van der Waals surface area contributed by atoms with Gasteiger partial charge in [-0.2, -0.15) is 13.2 Å². The fourth-order valence-corrected chi connectivity index (χ4v) is 2.32. The molecule has 0 aliphatic heterocycles. The zero-order valence-corrected chi connectivity index (χ0v) is 11.8. The van der Waals surface area contributed by atoms with Gasteiger partial charge in [-0.25, -0.2) is 4.98 Å². The first-order chi connectivity index (χ1) is 9.85. The lowest BCUT2D eigenvalue weighted by atomic mass is 10.2. The van der Waals surface area contributed by atoms with Gasteiger partial charge in [-0.1, -0.05) is 12.1 Å². The Labute approximate surface area is 123 Å². The maximum absolute atomic E-state index is 12.5. The van der Waals surface area contributed by atoms with Crippen molar-refractivity contribution < 1.29 is 18.0 Å². The summed E-state index contributed by atoms with van der Waals surface area (Å²) in [7, 11) is 0. The molecule has 0 saturated heterocycles. The van der Waals surface area contributed by atoms with Crippen molar-refractivity contribution >= 4 is 23.5 Å². The Morgan fingerprint density at radius 2 is 1.95 bits per heavy atom. The SMILES string of the molecule is Cc1ccnc(NC(=O)c2ccccc2SC(F)(F)F)c1. The van der Waals surface area contributed by atoms with Crippen molar-refractivity contribution in [3.8, 4) is 0 Å². The van der Waals surface area contributed by atoms with Crippen LogP contribution in [0.15, 0.2) is 47.5 Å². The first-order valence-electron chi connectivity index (χ1n) is 5.94. The highest BCUT2D eigenvalue weighted by atomic mass is 32.2. The molecule has 0 aliphatic rings. The van der Waals surface area contributed by atoms with E-state index in [1.807, 2.05) is 6.92 Å². The molecule has 0 aliphatic carbocycles. The van der Waals surface area contributed by atoms with E-state index in [9.17, 15) is 18.0 Å². The minimum atomic E-state index is -4.45. The highest BCUT2D eigenvalue weighted by Gasteiger charge is 2.31. The third-order valence-electron chi connectivity index (χ3n) is 2.51. The van der Waals surface area contributed by atoms with Crippen molar-refractivity contribution in [3.05, 3.63) is 53.7 Å². The van der Waals surface area contributed by atoms with Gasteiger partial charge in [0, 0.05) is 11.1 Å². The van der Waals surface area contributed by atoms with Crippen LogP contribution in [0.2, 0.25) is 0 Å². The van der Waals surface area contributed by atoms with Gasteiger partial charge in [0.1, 0.15) is 5.82 Å². The predicted octanol–water partition coefficient (Wildman–Crippen LogP) is 4.25. The fourth-order valence-electron chi connectivity index (χ4n) is 1.66. The molecule has 7 heteroatoms. The molecule has 21 heavy (non-hydrogen) atoms. The van der Waals surface area contributed by atoms with Crippen LogP contribution in [0.1, 0.15) is 15.9 Å². The van der Waals surface area contributed by atoms with E-state index in [4.69, 9.17) is 0 Å². The number of nitrogens with one attached hydrogen (secondary N) is 1. The normalized spacial score (nSPS) is 11.2. The average molecular weight is 312 g/mol. The minimum absolute atomic E-state index is 0.0388. The molecule has 1 aromatic heterocycles. The van der Waals surface area contributed by atoms with Crippen LogP contribution in [0.5, 0.6) is 0 Å². The van der Waals surface area contributed by atoms with Gasteiger partial charge < -0.3 is 5.32 Å². The Balaban J connectivity index is 2.23. The molecule has 0 spiro atoms. The third kappa shape index (κ3) is 4.49. The summed E-state index contributed by atoms with van der Waals surface area (Å²) in [5.41, 5.74) is -3.60. The molecule has 1 amide bonds. The van der Waals surface area contributed by atoms with E-state index in [-0.39, 0.29) is 22.2 Å². The van der Waals surface area contributed by atoms with E-state index in [1.54, 1.807) is 12.1 Å².